The Bertz CT molecular complexity index is 151. The second-order valence-electron chi connectivity index (χ2n) is 3.34. The minimum absolute atomic E-state index is 0.527. The van der Waals surface area contributed by atoms with Crippen molar-refractivity contribution < 1.29 is 0 Å². The molecule has 0 unspecified atom stereocenters. The van der Waals surface area contributed by atoms with Crippen LogP contribution in [0.1, 0.15) is 44.9 Å². The first-order chi connectivity index (χ1) is 5.27. The summed E-state index contributed by atoms with van der Waals surface area (Å²) in [5.41, 5.74) is 0. The highest BCUT2D eigenvalue weighted by atomic mass is 35.5. The van der Waals surface area contributed by atoms with Crippen molar-refractivity contribution in [3.05, 3.63) is 0 Å². The van der Waals surface area contributed by atoms with Gasteiger partial charge in [-0.15, -0.1) is 11.6 Å². The summed E-state index contributed by atoms with van der Waals surface area (Å²) in [6.45, 7) is 0. The number of rotatable bonds is 0. The molecule has 62 valence electrons. The Morgan fingerprint density at radius 1 is 1.00 bits per heavy atom. The van der Waals surface area contributed by atoms with Crippen LogP contribution in [-0.2, 0) is 0 Å². The lowest BCUT2D eigenvalue weighted by Crippen LogP contribution is -2.19. The van der Waals surface area contributed by atoms with E-state index in [2.05, 4.69) is 6.07 Å². The molecule has 0 N–H and O–H groups in total. The molecule has 0 radical (unpaired) electrons. The zero-order valence-corrected chi connectivity index (χ0v) is 7.53. The molecule has 1 aliphatic carbocycles. The van der Waals surface area contributed by atoms with Crippen LogP contribution in [0, 0.1) is 11.3 Å². The zero-order chi connectivity index (χ0) is 8.16. The van der Waals surface area contributed by atoms with Crippen molar-refractivity contribution in [1.82, 2.24) is 0 Å². The Morgan fingerprint density at radius 3 is 1.91 bits per heavy atom. The quantitative estimate of drug-likeness (QED) is 0.514. The molecule has 0 aromatic rings. The molecule has 1 aliphatic rings. The van der Waals surface area contributed by atoms with Gasteiger partial charge in [0.05, 0.1) is 6.07 Å². The second kappa shape index (κ2) is 3.97. The number of hydrogen-bond donors (Lipinski definition) is 0. The summed E-state index contributed by atoms with van der Waals surface area (Å²) < 4.78 is 0. The number of alkyl halides is 1. The Balaban J connectivity index is 2.45. The number of hydrogen-bond acceptors (Lipinski definition) is 1. The third-order valence-corrected chi connectivity index (χ3v) is 2.81. The molecule has 0 aromatic heterocycles. The fourth-order valence-electron chi connectivity index (χ4n) is 1.58. The Hall–Kier alpha value is -0.220. The van der Waals surface area contributed by atoms with Crippen LogP contribution < -0.4 is 0 Å². The summed E-state index contributed by atoms with van der Waals surface area (Å²) in [5, 5.41) is 8.79. The largest absolute Gasteiger partial charge is 0.196 e. The molecule has 11 heavy (non-hydrogen) atoms. The zero-order valence-electron chi connectivity index (χ0n) is 6.77. The van der Waals surface area contributed by atoms with E-state index in [4.69, 9.17) is 16.9 Å². The molecule has 0 atom stereocenters. The van der Waals surface area contributed by atoms with Crippen molar-refractivity contribution in [3.63, 3.8) is 0 Å². The smallest absolute Gasteiger partial charge is 0.131 e. The maximum Gasteiger partial charge on any atom is 0.131 e. The van der Waals surface area contributed by atoms with E-state index in [0.717, 1.165) is 25.7 Å². The molecule has 0 aromatic carbocycles. The van der Waals surface area contributed by atoms with Crippen molar-refractivity contribution in [3.8, 4) is 6.07 Å². The first-order valence-corrected chi connectivity index (χ1v) is 4.75. The van der Waals surface area contributed by atoms with E-state index < -0.39 is 4.87 Å². The molecular weight excluding hydrogens is 158 g/mol. The molecule has 1 rings (SSSR count). The van der Waals surface area contributed by atoms with E-state index in [9.17, 15) is 0 Å². The Kier molecular flexibility index (Phi) is 3.20. The van der Waals surface area contributed by atoms with E-state index in [1.807, 2.05) is 0 Å². The summed E-state index contributed by atoms with van der Waals surface area (Å²) in [6, 6.07) is 2.21. The first-order valence-electron chi connectivity index (χ1n) is 4.37. The highest BCUT2D eigenvalue weighted by Crippen LogP contribution is 2.31. The summed E-state index contributed by atoms with van der Waals surface area (Å²) >= 11 is 6.08. The fourth-order valence-corrected chi connectivity index (χ4v) is 1.84. The topological polar surface area (TPSA) is 23.8 Å². The van der Waals surface area contributed by atoms with Crippen LogP contribution in [0.5, 0.6) is 0 Å². The normalized spacial score (nSPS) is 24.7. The molecule has 1 nitrogen and oxygen atoms in total. The predicted octanol–water partition coefficient (Wildman–Crippen LogP) is 3.23. The minimum atomic E-state index is -0.527. The van der Waals surface area contributed by atoms with Crippen LogP contribution in [0.15, 0.2) is 0 Å². The van der Waals surface area contributed by atoms with Gasteiger partial charge < -0.3 is 0 Å². The maximum atomic E-state index is 8.79. The van der Waals surface area contributed by atoms with Gasteiger partial charge in [-0.05, 0) is 12.8 Å². The molecule has 0 spiro atoms. The van der Waals surface area contributed by atoms with Crippen molar-refractivity contribution in [2.75, 3.05) is 0 Å². The van der Waals surface area contributed by atoms with Gasteiger partial charge in [-0.2, -0.15) is 5.26 Å². The standard InChI is InChI=1S/C9H14ClN/c10-9(8-11)6-4-2-1-3-5-7-9/h1-7H2. The maximum absolute atomic E-state index is 8.79. The van der Waals surface area contributed by atoms with Crippen molar-refractivity contribution >= 4 is 11.6 Å². The van der Waals surface area contributed by atoms with Gasteiger partial charge in [0.1, 0.15) is 4.87 Å². The molecule has 2 heteroatoms. The molecule has 0 saturated heterocycles. The number of nitrogens with zero attached hydrogens (tertiary/aromatic N) is 1. The minimum Gasteiger partial charge on any atom is -0.196 e. The van der Waals surface area contributed by atoms with Crippen molar-refractivity contribution in [2.24, 2.45) is 0 Å². The summed E-state index contributed by atoms with van der Waals surface area (Å²) in [6.07, 6.45) is 7.81. The lowest BCUT2D eigenvalue weighted by atomic mass is 9.91. The highest BCUT2D eigenvalue weighted by Gasteiger charge is 2.26. The first kappa shape index (κ1) is 8.87. The average Bonchev–Trinajstić information content (AvgIpc) is 1.98. The van der Waals surface area contributed by atoms with E-state index in [0.29, 0.717) is 0 Å². The van der Waals surface area contributed by atoms with E-state index in [1.54, 1.807) is 0 Å². The number of nitriles is 1. The second-order valence-corrected chi connectivity index (χ2v) is 4.07. The van der Waals surface area contributed by atoms with Crippen molar-refractivity contribution in [2.45, 2.75) is 49.8 Å². The highest BCUT2D eigenvalue weighted by molar-refractivity contribution is 6.25. The van der Waals surface area contributed by atoms with Gasteiger partial charge in [0.2, 0.25) is 0 Å². The van der Waals surface area contributed by atoms with Crippen LogP contribution in [-0.4, -0.2) is 4.87 Å². The van der Waals surface area contributed by atoms with Gasteiger partial charge in [0.15, 0.2) is 0 Å². The van der Waals surface area contributed by atoms with Gasteiger partial charge in [-0.3, -0.25) is 0 Å². The van der Waals surface area contributed by atoms with Gasteiger partial charge in [0, 0.05) is 0 Å². The van der Waals surface area contributed by atoms with Crippen LogP contribution in [0.25, 0.3) is 0 Å². The van der Waals surface area contributed by atoms with E-state index >= 15 is 0 Å². The Morgan fingerprint density at radius 2 is 1.45 bits per heavy atom. The van der Waals surface area contributed by atoms with Gasteiger partial charge in [-0.25, -0.2) is 0 Å². The molecule has 0 bridgehead atoms. The fraction of sp³-hybridized carbons (Fsp3) is 0.889. The summed E-state index contributed by atoms with van der Waals surface area (Å²) in [7, 11) is 0. The van der Waals surface area contributed by atoms with Gasteiger partial charge in [-0.1, -0.05) is 32.1 Å². The van der Waals surface area contributed by atoms with Crippen molar-refractivity contribution in [1.29, 1.82) is 5.26 Å². The molecular formula is C9H14ClN. The van der Waals surface area contributed by atoms with E-state index in [1.165, 1.54) is 19.3 Å². The molecule has 1 fully saturated rings. The lowest BCUT2D eigenvalue weighted by molar-refractivity contribution is 0.463. The summed E-state index contributed by atoms with van der Waals surface area (Å²) in [5.74, 6) is 0. The number of halogens is 1. The van der Waals surface area contributed by atoms with E-state index in [-0.39, 0.29) is 0 Å². The van der Waals surface area contributed by atoms with Gasteiger partial charge in [0.25, 0.3) is 0 Å². The van der Waals surface area contributed by atoms with Crippen LogP contribution in [0.3, 0.4) is 0 Å². The predicted molar refractivity (Wildman–Crippen MR) is 46.5 cm³/mol. The third-order valence-electron chi connectivity index (χ3n) is 2.35. The lowest BCUT2D eigenvalue weighted by Gasteiger charge is -2.20. The van der Waals surface area contributed by atoms with Crippen LogP contribution in [0.2, 0.25) is 0 Å². The summed E-state index contributed by atoms with van der Waals surface area (Å²) in [4.78, 5) is -0.527. The molecule has 0 aliphatic heterocycles. The molecule has 0 heterocycles. The Labute approximate surface area is 73.3 Å². The molecule has 0 amide bonds. The average molecular weight is 172 g/mol. The van der Waals surface area contributed by atoms with Crippen LogP contribution >= 0.6 is 11.6 Å². The third kappa shape index (κ3) is 2.71. The molecule has 1 saturated carbocycles. The van der Waals surface area contributed by atoms with Crippen LogP contribution in [0.4, 0.5) is 0 Å². The monoisotopic (exact) mass is 171 g/mol. The SMILES string of the molecule is N#CC1(Cl)CCCCCCC1. The van der Waals surface area contributed by atoms with Gasteiger partial charge >= 0.3 is 0 Å².